The van der Waals surface area contributed by atoms with Gasteiger partial charge in [-0.25, -0.2) is 0 Å². The number of thioether (sulfide) groups is 1. The molecule has 2 heteroatoms. The molecule has 12 rings (SSSR count). The minimum atomic E-state index is 0.238. The van der Waals surface area contributed by atoms with E-state index >= 15 is 0 Å². The zero-order valence-electron chi connectivity index (χ0n) is 40.5. The third-order valence-corrected chi connectivity index (χ3v) is 15.9. The van der Waals surface area contributed by atoms with E-state index in [-0.39, 0.29) is 5.92 Å². The third kappa shape index (κ3) is 7.32. The molecule has 1 atom stereocenters. The topological polar surface area (TPSA) is 3.24 Å². The van der Waals surface area contributed by atoms with Crippen LogP contribution in [0.4, 0.5) is 11.4 Å². The number of hydrogen-bond donors (Lipinski definition) is 0. The lowest BCUT2D eigenvalue weighted by Gasteiger charge is -2.37. The molecular weight excluding hydrogens is 851 g/mol. The molecule has 0 fully saturated rings. The van der Waals surface area contributed by atoms with Crippen LogP contribution in [0, 0.1) is 33.6 Å². The number of allylic oxidation sites excluding steroid dienone is 4. The van der Waals surface area contributed by atoms with Crippen LogP contribution in [0.2, 0.25) is 0 Å². The first-order valence-electron chi connectivity index (χ1n) is 24.4. The molecular formula is C67H55NS. The number of nitrogens with zero attached hydrogens (tertiary/aromatic N) is 1. The molecule has 69 heavy (non-hydrogen) atoms. The van der Waals surface area contributed by atoms with Crippen molar-refractivity contribution < 1.29 is 0 Å². The van der Waals surface area contributed by atoms with Crippen LogP contribution < -0.4 is 4.90 Å². The van der Waals surface area contributed by atoms with Crippen molar-refractivity contribution in [2.45, 2.75) is 52.9 Å². The highest BCUT2D eigenvalue weighted by Crippen LogP contribution is 2.48. The molecule has 11 aromatic carbocycles. The van der Waals surface area contributed by atoms with Crippen molar-refractivity contribution in [3.8, 4) is 22.3 Å². The molecule has 1 aliphatic carbocycles. The molecule has 0 aliphatic heterocycles. The molecule has 0 amide bonds. The van der Waals surface area contributed by atoms with Crippen LogP contribution in [-0.4, -0.2) is 6.26 Å². The zero-order valence-corrected chi connectivity index (χ0v) is 41.4. The van der Waals surface area contributed by atoms with Gasteiger partial charge in [-0.1, -0.05) is 122 Å². The van der Waals surface area contributed by atoms with Crippen LogP contribution in [0.5, 0.6) is 0 Å². The monoisotopic (exact) mass is 905 g/mol. The predicted molar refractivity (Wildman–Crippen MR) is 303 cm³/mol. The molecule has 1 unspecified atom stereocenters. The number of benzene rings is 11. The van der Waals surface area contributed by atoms with E-state index in [9.17, 15) is 0 Å². The van der Waals surface area contributed by atoms with Crippen molar-refractivity contribution in [2.24, 2.45) is 5.92 Å². The molecule has 0 aromatic heterocycles. The first kappa shape index (κ1) is 42.9. The number of aryl methyl sites for hydroxylation is 4. The molecule has 0 spiro atoms. The van der Waals surface area contributed by atoms with Crippen LogP contribution in [0.25, 0.3) is 92.5 Å². The summed E-state index contributed by atoms with van der Waals surface area (Å²) in [5.41, 5.74) is 18.0. The van der Waals surface area contributed by atoms with Gasteiger partial charge in [0.1, 0.15) is 0 Å². The second-order valence-electron chi connectivity index (χ2n) is 19.6. The molecule has 334 valence electrons. The van der Waals surface area contributed by atoms with E-state index in [1.54, 1.807) is 0 Å². The van der Waals surface area contributed by atoms with Gasteiger partial charge in [-0.05, 0) is 246 Å². The highest BCUT2D eigenvalue weighted by Gasteiger charge is 2.29. The molecule has 0 N–H and O–H groups in total. The summed E-state index contributed by atoms with van der Waals surface area (Å²) in [6.07, 6.45) is 5.62. The molecule has 1 nitrogen and oxygen atoms in total. The fraction of sp³-hybridized carbons (Fsp3) is 0.134. The van der Waals surface area contributed by atoms with Gasteiger partial charge in [0.2, 0.25) is 0 Å². The van der Waals surface area contributed by atoms with E-state index in [1.165, 1.54) is 148 Å². The van der Waals surface area contributed by atoms with Gasteiger partial charge >= 0.3 is 0 Å². The Morgan fingerprint density at radius 2 is 0.797 bits per heavy atom. The maximum atomic E-state index is 2.62. The van der Waals surface area contributed by atoms with Gasteiger partial charge in [0.15, 0.2) is 0 Å². The molecule has 0 radical (unpaired) electrons. The van der Waals surface area contributed by atoms with E-state index in [1.807, 2.05) is 11.8 Å². The van der Waals surface area contributed by atoms with Crippen LogP contribution in [0.3, 0.4) is 0 Å². The van der Waals surface area contributed by atoms with E-state index in [4.69, 9.17) is 0 Å². The Morgan fingerprint density at radius 3 is 1.32 bits per heavy atom. The van der Waals surface area contributed by atoms with E-state index in [0.29, 0.717) is 0 Å². The summed E-state index contributed by atoms with van der Waals surface area (Å²) in [5.74, 6) is 0.238. The van der Waals surface area contributed by atoms with Gasteiger partial charge in [-0.2, -0.15) is 0 Å². The fourth-order valence-corrected chi connectivity index (χ4v) is 12.2. The lowest BCUT2D eigenvalue weighted by atomic mass is 9.82. The summed E-state index contributed by atoms with van der Waals surface area (Å²) >= 11 is 1.82. The van der Waals surface area contributed by atoms with Crippen LogP contribution in [-0.2, 0) is 0 Å². The Morgan fingerprint density at radius 1 is 0.391 bits per heavy atom. The minimum Gasteiger partial charge on any atom is -0.313 e. The van der Waals surface area contributed by atoms with Crippen LogP contribution in [0.15, 0.2) is 204 Å². The Hall–Kier alpha value is -7.39. The lowest BCUT2D eigenvalue weighted by molar-refractivity contribution is 0.675. The highest BCUT2D eigenvalue weighted by atomic mass is 32.2. The van der Waals surface area contributed by atoms with Gasteiger partial charge in [0.05, 0.1) is 0 Å². The first-order chi connectivity index (χ1) is 33.6. The van der Waals surface area contributed by atoms with Crippen LogP contribution >= 0.6 is 11.8 Å². The largest absolute Gasteiger partial charge is 0.313 e. The normalized spacial score (nSPS) is 14.2. The summed E-state index contributed by atoms with van der Waals surface area (Å²) in [5, 5.41) is 15.4. The molecule has 0 saturated heterocycles. The number of hydrogen-bond acceptors (Lipinski definition) is 2. The summed E-state index contributed by atoms with van der Waals surface area (Å²) in [6, 6.07) is 68.6. The Bertz CT molecular complexity index is 4000. The first-order valence-corrected chi connectivity index (χ1v) is 25.6. The quantitative estimate of drug-likeness (QED) is 0.116. The highest BCUT2D eigenvalue weighted by molar-refractivity contribution is 7.98. The Kier molecular flexibility index (Phi) is 10.6. The smallest absolute Gasteiger partial charge is 0.0490 e. The molecule has 11 aromatic rings. The van der Waals surface area contributed by atoms with Gasteiger partial charge in [-0.15, -0.1) is 11.8 Å². The lowest BCUT2D eigenvalue weighted by Crippen LogP contribution is -2.25. The SMILES string of the molecule is CSc1cccc2cc3c(-c4cc(C)c(N(C5=CC(C)=C(c6cccc7cc8ccccc8cc67)CC5C)c5cc(C)c(-c6cccc7cc8ccccc8cc67)cc5C)cc4C)cccc3cc12. The van der Waals surface area contributed by atoms with E-state index < -0.39 is 0 Å². The van der Waals surface area contributed by atoms with Gasteiger partial charge in [-0.3, -0.25) is 0 Å². The maximum absolute atomic E-state index is 2.62. The average molecular weight is 906 g/mol. The maximum Gasteiger partial charge on any atom is 0.0490 e. The number of rotatable bonds is 7. The molecule has 0 saturated carbocycles. The number of fused-ring (bicyclic) bond motifs is 6. The van der Waals surface area contributed by atoms with Gasteiger partial charge < -0.3 is 4.90 Å². The van der Waals surface area contributed by atoms with Crippen LogP contribution in [0.1, 0.15) is 48.1 Å². The summed E-state index contributed by atoms with van der Waals surface area (Å²) in [7, 11) is 0. The summed E-state index contributed by atoms with van der Waals surface area (Å²) < 4.78 is 0. The molecule has 0 bridgehead atoms. The fourth-order valence-electron chi connectivity index (χ4n) is 11.6. The standard InChI is InChI=1S/C67H55NS/c1-40-31-64(43(4)28-57(40)54-24-12-20-50-34-46-16-8-10-18-48(46)36-60(50)54)68(65-32-41(2)58(29-44(65)5)55-25-13-21-51-35-47-17-9-11-19-49(47)37-61(51)55)66-33-42(3)59(30-45(66)6)56-26-14-22-52-39-63-53(38-62(52)56)23-15-27-67(63)69-7/h8-28,30-39,44H,29H2,1-7H3. The summed E-state index contributed by atoms with van der Waals surface area (Å²) in [6.45, 7) is 14.0. The Balaban J connectivity index is 1.04. The van der Waals surface area contributed by atoms with Crippen molar-refractivity contribution in [3.63, 3.8) is 0 Å². The Labute approximate surface area is 410 Å². The van der Waals surface area contributed by atoms with Gasteiger partial charge in [0, 0.05) is 27.9 Å². The van der Waals surface area contributed by atoms with Crippen molar-refractivity contribution in [1.82, 2.24) is 0 Å². The van der Waals surface area contributed by atoms with Gasteiger partial charge in [0.25, 0.3) is 0 Å². The predicted octanol–water partition coefficient (Wildman–Crippen LogP) is 19.4. The zero-order chi connectivity index (χ0) is 47.1. The molecule has 0 heterocycles. The number of anilines is 2. The van der Waals surface area contributed by atoms with Crippen molar-refractivity contribution >= 4 is 93.3 Å². The van der Waals surface area contributed by atoms with Crippen molar-refractivity contribution in [2.75, 3.05) is 11.2 Å². The molecule has 1 aliphatic rings. The van der Waals surface area contributed by atoms with E-state index in [0.717, 1.165) is 6.42 Å². The second kappa shape index (κ2) is 17.0. The van der Waals surface area contributed by atoms with E-state index in [2.05, 4.69) is 241 Å². The van der Waals surface area contributed by atoms with Crippen molar-refractivity contribution in [3.05, 3.63) is 227 Å². The minimum absolute atomic E-state index is 0.238. The summed E-state index contributed by atoms with van der Waals surface area (Å²) in [4.78, 5) is 3.94. The van der Waals surface area contributed by atoms with Crippen molar-refractivity contribution in [1.29, 1.82) is 0 Å². The second-order valence-corrected chi connectivity index (χ2v) is 20.4. The third-order valence-electron chi connectivity index (χ3n) is 15.1. The average Bonchev–Trinajstić information content (AvgIpc) is 3.36.